The Morgan fingerprint density at radius 3 is 2.79 bits per heavy atom. The van der Waals surface area contributed by atoms with E-state index in [1.165, 1.54) is 6.08 Å². The number of carbonyl (C=O) groups is 1. The van der Waals surface area contributed by atoms with Crippen LogP contribution in [0.4, 0.5) is 0 Å². The Morgan fingerprint density at radius 2 is 2.16 bits per heavy atom. The highest BCUT2D eigenvalue weighted by molar-refractivity contribution is 5.86. The highest BCUT2D eigenvalue weighted by Gasteiger charge is 2.22. The van der Waals surface area contributed by atoms with Gasteiger partial charge < -0.3 is 14.6 Å². The lowest BCUT2D eigenvalue weighted by molar-refractivity contribution is -0.131. The molecule has 4 heteroatoms. The second-order valence-corrected chi connectivity index (χ2v) is 4.84. The highest BCUT2D eigenvalue weighted by Crippen LogP contribution is 2.36. The van der Waals surface area contributed by atoms with Crippen molar-refractivity contribution in [3.8, 4) is 11.5 Å². The lowest BCUT2D eigenvalue weighted by atomic mass is 10.00. The Morgan fingerprint density at radius 1 is 1.42 bits per heavy atom. The van der Waals surface area contributed by atoms with Gasteiger partial charge in [-0.3, -0.25) is 0 Å². The summed E-state index contributed by atoms with van der Waals surface area (Å²) in [6, 6.07) is 3.63. The van der Waals surface area contributed by atoms with E-state index in [9.17, 15) is 4.79 Å². The number of carboxylic acid groups (broad SMARTS) is 1. The summed E-state index contributed by atoms with van der Waals surface area (Å²) in [5.74, 6) is 0.326. The molecule has 0 bridgehead atoms. The first kappa shape index (κ1) is 13.2. The van der Waals surface area contributed by atoms with Crippen LogP contribution in [-0.4, -0.2) is 23.8 Å². The van der Waals surface area contributed by atoms with Crippen LogP contribution in [-0.2, 0) is 4.79 Å². The summed E-state index contributed by atoms with van der Waals surface area (Å²) in [6.07, 6.45) is 6.53. The van der Waals surface area contributed by atoms with Gasteiger partial charge in [0.15, 0.2) is 0 Å². The predicted octanol–water partition coefficient (Wildman–Crippen LogP) is 2.98. The number of aliphatic carboxylic acids is 1. The van der Waals surface area contributed by atoms with E-state index in [2.05, 4.69) is 0 Å². The van der Waals surface area contributed by atoms with Crippen molar-refractivity contribution in [1.29, 1.82) is 0 Å². The van der Waals surface area contributed by atoms with Crippen LogP contribution in [0.3, 0.4) is 0 Å². The normalized spacial score (nSPS) is 15.9. The quantitative estimate of drug-likeness (QED) is 0.849. The zero-order valence-corrected chi connectivity index (χ0v) is 11.1. The lowest BCUT2D eigenvalue weighted by Crippen LogP contribution is -2.27. The molecule has 1 aromatic rings. The van der Waals surface area contributed by atoms with E-state index in [4.69, 9.17) is 14.6 Å². The standard InChI is InChI=1S/C15H16O4/c1-15(2)7-6-11-8-10(4-5-14(16)17)12(18-3)9-13(11)19-15/h4-9H,1-3H3,(H,16,17). The van der Waals surface area contributed by atoms with Crippen LogP contribution in [0.25, 0.3) is 12.2 Å². The number of carboxylic acids is 1. The fraction of sp³-hybridized carbons (Fsp3) is 0.267. The molecule has 0 saturated carbocycles. The van der Waals surface area contributed by atoms with Gasteiger partial charge in [0, 0.05) is 23.3 Å². The first-order valence-corrected chi connectivity index (χ1v) is 5.92. The van der Waals surface area contributed by atoms with Crippen molar-refractivity contribution < 1.29 is 19.4 Å². The maximum Gasteiger partial charge on any atom is 0.328 e. The lowest BCUT2D eigenvalue weighted by Gasteiger charge is -2.28. The largest absolute Gasteiger partial charge is 0.496 e. The van der Waals surface area contributed by atoms with Crippen LogP contribution >= 0.6 is 0 Å². The number of fused-ring (bicyclic) bond motifs is 1. The van der Waals surface area contributed by atoms with Crippen LogP contribution in [0.1, 0.15) is 25.0 Å². The summed E-state index contributed by atoms with van der Waals surface area (Å²) >= 11 is 0. The first-order chi connectivity index (χ1) is 8.91. The third kappa shape index (κ3) is 2.96. The molecular weight excluding hydrogens is 244 g/mol. The SMILES string of the molecule is COc1cc2c(cc1C=CC(=O)O)C=CC(C)(C)O2. The monoisotopic (exact) mass is 260 g/mol. The third-order valence-corrected chi connectivity index (χ3v) is 2.80. The molecule has 0 radical (unpaired) electrons. The molecule has 0 fully saturated rings. The Bertz CT molecular complexity index is 568. The summed E-state index contributed by atoms with van der Waals surface area (Å²) in [4.78, 5) is 10.6. The number of rotatable bonds is 3. The average molecular weight is 260 g/mol. The molecule has 19 heavy (non-hydrogen) atoms. The third-order valence-electron chi connectivity index (χ3n) is 2.80. The van der Waals surface area contributed by atoms with Crippen LogP contribution in [0.15, 0.2) is 24.3 Å². The van der Waals surface area contributed by atoms with Crippen molar-refractivity contribution in [3.05, 3.63) is 35.4 Å². The maximum atomic E-state index is 10.6. The summed E-state index contributed by atoms with van der Waals surface area (Å²) in [5.41, 5.74) is 1.26. The van der Waals surface area contributed by atoms with E-state index in [0.29, 0.717) is 11.3 Å². The van der Waals surface area contributed by atoms with E-state index >= 15 is 0 Å². The molecule has 0 amide bonds. The molecule has 1 heterocycles. The number of hydrogen-bond donors (Lipinski definition) is 1. The summed E-state index contributed by atoms with van der Waals surface area (Å²) in [5, 5.41) is 8.68. The molecule has 0 atom stereocenters. The van der Waals surface area contributed by atoms with Gasteiger partial charge in [0.1, 0.15) is 17.1 Å². The summed E-state index contributed by atoms with van der Waals surface area (Å²) in [6.45, 7) is 3.94. The summed E-state index contributed by atoms with van der Waals surface area (Å²) < 4.78 is 11.1. The van der Waals surface area contributed by atoms with Gasteiger partial charge in [-0.1, -0.05) is 6.08 Å². The van der Waals surface area contributed by atoms with E-state index in [1.54, 1.807) is 13.2 Å². The molecule has 100 valence electrons. The van der Waals surface area contributed by atoms with Gasteiger partial charge in [-0.25, -0.2) is 4.79 Å². The average Bonchev–Trinajstić information content (AvgIpc) is 2.34. The van der Waals surface area contributed by atoms with Crippen LogP contribution in [0, 0.1) is 0 Å². The Balaban J connectivity index is 2.46. The topological polar surface area (TPSA) is 55.8 Å². The molecule has 1 aliphatic heterocycles. The van der Waals surface area contributed by atoms with Gasteiger partial charge >= 0.3 is 5.97 Å². The zero-order valence-electron chi connectivity index (χ0n) is 11.1. The molecular formula is C15H16O4. The minimum Gasteiger partial charge on any atom is -0.496 e. The van der Waals surface area contributed by atoms with Crippen molar-refractivity contribution in [2.24, 2.45) is 0 Å². The van der Waals surface area contributed by atoms with Gasteiger partial charge in [0.25, 0.3) is 0 Å². The van der Waals surface area contributed by atoms with Crippen LogP contribution in [0.2, 0.25) is 0 Å². The zero-order chi connectivity index (χ0) is 14.0. The predicted molar refractivity (Wildman–Crippen MR) is 73.4 cm³/mol. The Labute approximate surface area is 112 Å². The number of methoxy groups -OCH3 is 1. The maximum absolute atomic E-state index is 10.6. The molecule has 1 aromatic carbocycles. The van der Waals surface area contributed by atoms with E-state index in [1.807, 2.05) is 32.1 Å². The van der Waals surface area contributed by atoms with E-state index in [0.717, 1.165) is 17.4 Å². The van der Waals surface area contributed by atoms with Crippen molar-refractivity contribution in [2.45, 2.75) is 19.4 Å². The van der Waals surface area contributed by atoms with E-state index in [-0.39, 0.29) is 5.60 Å². The molecule has 0 aromatic heterocycles. The van der Waals surface area contributed by atoms with Crippen molar-refractivity contribution in [1.82, 2.24) is 0 Å². The van der Waals surface area contributed by atoms with Gasteiger partial charge in [0.2, 0.25) is 0 Å². The molecule has 0 saturated heterocycles. The van der Waals surface area contributed by atoms with Gasteiger partial charge in [-0.2, -0.15) is 0 Å². The minimum atomic E-state index is -0.993. The van der Waals surface area contributed by atoms with Crippen LogP contribution < -0.4 is 9.47 Å². The number of benzene rings is 1. The van der Waals surface area contributed by atoms with E-state index < -0.39 is 5.97 Å². The van der Waals surface area contributed by atoms with Crippen molar-refractivity contribution in [2.75, 3.05) is 7.11 Å². The number of hydrogen-bond acceptors (Lipinski definition) is 3. The van der Waals surface area contributed by atoms with Crippen LogP contribution in [0.5, 0.6) is 11.5 Å². The molecule has 4 nitrogen and oxygen atoms in total. The molecule has 1 aliphatic rings. The fourth-order valence-electron chi connectivity index (χ4n) is 1.89. The second-order valence-electron chi connectivity index (χ2n) is 4.84. The summed E-state index contributed by atoms with van der Waals surface area (Å²) in [7, 11) is 1.55. The fourth-order valence-corrected chi connectivity index (χ4v) is 1.89. The highest BCUT2D eigenvalue weighted by atomic mass is 16.5. The molecule has 0 aliphatic carbocycles. The molecule has 0 unspecified atom stereocenters. The minimum absolute atomic E-state index is 0.351. The molecule has 2 rings (SSSR count). The van der Waals surface area contributed by atoms with Gasteiger partial charge in [-0.05, 0) is 32.1 Å². The van der Waals surface area contributed by atoms with Gasteiger partial charge in [0.05, 0.1) is 7.11 Å². The second kappa shape index (κ2) is 4.80. The Kier molecular flexibility index (Phi) is 3.34. The first-order valence-electron chi connectivity index (χ1n) is 5.92. The van der Waals surface area contributed by atoms with Crippen molar-refractivity contribution >= 4 is 18.1 Å². The number of ether oxygens (including phenoxy) is 2. The smallest absolute Gasteiger partial charge is 0.328 e. The van der Waals surface area contributed by atoms with Crippen molar-refractivity contribution in [3.63, 3.8) is 0 Å². The molecule has 0 spiro atoms. The van der Waals surface area contributed by atoms with Gasteiger partial charge in [-0.15, -0.1) is 0 Å². The Hall–Kier alpha value is -2.23. The molecule has 1 N–H and O–H groups in total.